The fourth-order valence-electron chi connectivity index (χ4n) is 0. The van der Waals surface area contributed by atoms with Gasteiger partial charge in [0.15, 0.2) is 0 Å². The minimum Gasteiger partial charge on any atom is 1.00 e. The summed E-state index contributed by atoms with van der Waals surface area (Å²) in [7, 11) is 0. The van der Waals surface area contributed by atoms with Gasteiger partial charge in [-0.15, -0.1) is 0 Å². The van der Waals surface area contributed by atoms with E-state index >= 15 is 0 Å². The van der Waals surface area contributed by atoms with Crippen LogP contribution in [0.2, 0.25) is 0 Å². The molecular weight excluding hydrogens is 297 g/mol. The molecule has 0 amide bonds. The molecule has 0 aromatic rings. The Morgan fingerprint density at radius 2 is 0.571 bits per heavy atom. The van der Waals surface area contributed by atoms with Crippen LogP contribution in [0.15, 0.2) is 0 Å². The van der Waals surface area contributed by atoms with Crippen LogP contribution >= 0.6 is 0 Å². The monoisotopic (exact) mass is 311 g/mol. The zero-order chi connectivity index (χ0) is 4.50. The normalized spacial score (nSPS) is 4.21. The first kappa shape index (κ1) is 101. The molecule has 0 rings (SSSR count). The molecule has 0 aliphatic rings. The van der Waals surface area contributed by atoms with Crippen molar-refractivity contribution in [1.29, 1.82) is 0 Å². The van der Waals surface area contributed by atoms with Crippen LogP contribution in [0, 0.1) is 0 Å². The van der Waals surface area contributed by atoms with Gasteiger partial charge >= 0.3 is 89.7 Å². The van der Waals surface area contributed by atoms with Crippen molar-refractivity contribution < 1.29 is 113 Å². The Balaban J connectivity index is -0.00000000222. The summed E-state index contributed by atoms with van der Waals surface area (Å²) in [6, 6.07) is 0. The van der Waals surface area contributed by atoms with Crippen LogP contribution in [0.5, 0.6) is 0 Å². The fraction of sp³-hybridized carbons (Fsp3) is 0. The van der Waals surface area contributed by atoms with Crippen molar-refractivity contribution in [3.8, 4) is 0 Å². The summed E-state index contributed by atoms with van der Waals surface area (Å²) in [5, 5.41) is 0. The summed E-state index contributed by atoms with van der Waals surface area (Å²) in [6.45, 7) is 0. The van der Waals surface area contributed by atoms with Crippen LogP contribution in [-0.4, -0.2) is 52.8 Å². The second-order valence-electron chi connectivity index (χ2n) is 0.447. The molecule has 0 saturated carbocycles. The molecule has 0 spiro atoms. The zero-order valence-electron chi connectivity index (χ0n) is 7.58. The Morgan fingerprint density at radius 1 is 0.571 bits per heavy atom. The van der Waals surface area contributed by atoms with E-state index in [9.17, 15) is 0 Å². The van der Waals surface area contributed by atoms with Gasteiger partial charge in [0.05, 0.1) is 0 Å². The SMILES string of the molecule is O.O.O.O.O.O.O.O=[As]([O-])([O-])[O-].[Na+].[Na+]. The molecule has 0 saturated heterocycles. The van der Waals surface area contributed by atoms with Crippen LogP contribution < -0.4 is 71.4 Å². The molecule has 11 nitrogen and oxygen atoms in total. The quantitative estimate of drug-likeness (QED) is 0.393. The molecule has 0 fully saturated rings. The third-order valence-electron chi connectivity index (χ3n) is 0. The first-order valence-corrected chi connectivity index (χ1v) is 3.79. The smallest absolute Gasteiger partial charge is 1.00 e. The van der Waals surface area contributed by atoms with Crippen molar-refractivity contribution in [1.82, 2.24) is 0 Å². The van der Waals surface area contributed by atoms with Crippen LogP contribution in [0.4, 0.5) is 0 Å². The van der Waals surface area contributed by atoms with Gasteiger partial charge in [-0.2, -0.15) is 0 Å². The van der Waals surface area contributed by atoms with Crippen LogP contribution in [0.3, 0.4) is 0 Å². The van der Waals surface area contributed by atoms with Crippen LogP contribution in [0.25, 0.3) is 0 Å². The van der Waals surface area contributed by atoms with Crippen molar-refractivity contribution in [2.75, 3.05) is 0 Å². The number of rotatable bonds is 0. The second kappa shape index (κ2) is 46.0. The van der Waals surface area contributed by atoms with Gasteiger partial charge in [-0.1, -0.05) is 0 Å². The first-order valence-electron chi connectivity index (χ1n) is 0.730. The van der Waals surface area contributed by atoms with Gasteiger partial charge in [0, 0.05) is 0 Å². The topological polar surface area (TPSA) is 307 Å². The Bertz CT molecular complexity index is 59.4. The summed E-state index contributed by atoms with van der Waals surface area (Å²) in [4.78, 5) is 0. The number of hydrogen-bond acceptors (Lipinski definition) is 4. The van der Waals surface area contributed by atoms with Crippen molar-refractivity contribution in [3.63, 3.8) is 0 Å². The molecular formula is H14AsNa2O11-. The van der Waals surface area contributed by atoms with Crippen molar-refractivity contribution in [2.24, 2.45) is 0 Å². The van der Waals surface area contributed by atoms with E-state index in [1.807, 2.05) is 0 Å². The summed E-state index contributed by atoms with van der Waals surface area (Å²) >= 11 is -5.88. The molecule has 0 radical (unpaired) electrons. The van der Waals surface area contributed by atoms with E-state index in [0.29, 0.717) is 0 Å². The molecule has 0 aliphatic heterocycles. The van der Waals surface area contributed by atoms with E-state index in [2.05, 4.69) is 0 Å². The van der Waals surface area contributed by atoms with Gasteiger partial charge in [0.2, 0.25) is 0 Å². The first-order chi connectivity index (χ1) is 2.00. The Labute approximate surface area is 127 Å². The second-order valence-corrected chi connectivity index (χ2v) is 2.32. The molecule has 88 valence electrons. The maximum absolute atomic E-state index is 8.61. The predicted octanol–water partition coefficient (Wildman–Crippen LogP) is -15.8. The van der Waals surface area contributed by atoms with E-state index in [1.165, 1.54) is 0 Å². The van der Waals surface area contributed by atoms with E-state index in [1.54, 1.807) is 0 Å². The summed E-state index contributed by atoms with van der Waals surface area (Å²) in [6.07, 6.45) is 0. The van der Waals surface area contributed by atoms with Crippen molar-refractivity contribution >= 4 is 14.5 Å². The van der Waals surface area contributed by atoms with Gasteiger partial charge in [-0.25, -0.2) is 0 Å². The molecule has 0 aliphatic carbocycles. The molecule has 14 heavy (non-hydrogen) atoms. The Morgan fingerprint density at radius 3 is 0.571 bits per heavy atom. The molecule has 14 heteroatoms. The zero-order valence-corrected chi connectivity index (χ0v) is 13.5. The van der Waals surface area contributed by atoms with Crippen LogP contribution in [-0.2, 0) is 3.74 Å². The summed E-state index contributed by atoms with van der Waals surface area (Å²) in [5.41, 5.74) is 0. The largest absolute Gasteiger partial charge is 1.00 e. The molecule has 0 aromatic heterocycles. The Hall–Kier alpha value is 1.96. The van der Waals surface area contributed by atoms with Crippen molar-refractivity contribution in [2.45, 2.75) is 0 Å². The molecule has 0 unspecified atom stereocenters. The predicted molar refractivity (Wildman–Crippen MR) is 31.7 cm³/mol. The molecule has 0 atom stereocenters. The van der Waals surface area contributed by atoms with Crippen LogP contribution in [0.1, 0.15) is 0 Å². The summed E-state index contributed by atoms with van der Waals surface area (Å²) < 4.78 is 34.4. The van der Waals surface area contributed by atoms with Crippen molar-refractivity contribution in [3.05, 3.63) is 0 Å². The third kappa shape index (κ3) is 611. The molecule has 0 aromatic carbocycles. The van der Waals surface area contributed by atoms with E-state index < -0.39 is 14.5 Å². The minimum absolute atomic E-state index is 0. The van der Waals surface area contributed by atoms with E-state index in [0.717, 1.165) is 0 Å². The maximum atomic E-state index is 8.61. The van der Waals surface area contributed by atoms with E-state index in [-0.39, 0.29) is 97.4 Å². The van der Waals surface area contributed by atoms with Gasteiger partial charge in [-0.3, -0.25) is 0 Å². The van der Waals surface area contributed by atoms with Gasteiger partial charge in [0.1, 0.15) is 0 Å². The maximum Gasteiger partial charge on any atom is 1.00 e. The molecule has 0 heterocycles. The fourth-order valence-corrected chi connectivity index (χ4v) is 0. The van der Waals surface area contributed by atoms with Gasteiger partial charge in [0.25, 0.3) is 0 Å². The minimum atomic E-state index is -5.88. The summed E-state index contributed by atoms with van der Waals surface area (Å²) in [5.74, 6) is 0. The number of hydrogen-bond donors (Lipinski definition) is 0. The molecule has 14 N–H and O–H groups in total. The average molecular weight is 311 g/mol. The standard InChI is InChI=1S/AsH3O4.2Na.7H2O/c2-1(3,4)5;;;;;;;;;/h(H3,2,3,4,5);;;7*1H2/q;2*+1;;;;;;;/p-3. The third-order valence-corrected chi connectivity index (χ3v) is 0. The Kier molecular flexibility index (Phi) is 331. The van der Waals surface area contributed by atoms with Gasteiger partial charge in [-0.05, 0) is 0 Å². The average Bonchev–Trinajstić information content (AvgIpc) is 0.722. The van der Waals surface area contributed by atoms with E-state index in [4.69, 9.17) is 16.0 Å². The van der Waals surface area contributed by atoms with Gasteiger partial charge < -0.3 is 38.3 Å². The molecule has 0 bridgehead atoms.